The number of nitrogens with one attached hydrogen (secondary N) is 1. The molecule has 8 nitrogen and oxygen atoms in total. The lowest BCUT2D eigenvalue weighted by Gasteiger charge is -2.47. The van der Waals surface area contributed by atoms with Crippen molar-refractivity contribution in [2.24, 2.45) is 5.41 Å². The Kier molecular flexibility index (Phi) is 8.63. The number of pyridine rings is 1. The Morgan fingerprint density at radius 2 is 1.79 bits per heavy atom. The summed E-state index contributed by atoms with van der Waals surface area (Å²) in [5.74, 6) is 1.04. The van der Waals surface area contributed by atoms with Crippen LogP contribution in [0.3, 0.4) is 0 Å². The monoisotopic (exact) mass is 570 g/mol. The van der Waals surface area contributed by atoms with Gasteiger partial charge in [-0.2, -0.15) is 5.10 Å². The SMILES string of the molecule is COC(=O)C[C@H](CN1CCC2(CCN(Cc3ccc4c(n3)NCCC4)CC2)CC1)c1cccc(-n2nc(C)cc2C)c1. The van der Waals surface area contributed by atoms with Crippen LogP contribution in [0.15, 0.2) is 42.5 Å². The van der Waals surface area contributed by atoms with E-state index in [9.17, 15) is 4.79 Å². The molecule has 1 N–H and O–H groups in total. The van der Waals surface area contributed by atoms with E-state index in [-0.39, 0.29) is 11.9 Å². The molecule has 0 radical (unpaired) electrons. The van der Waals surface area contributed by atoms with E-state index in [4.69, 9.17) is 9.72 Å². The zero-order valence-electron chi connectivity index (χ0n) is 25.6. The molecule has 2 aromatic heterocycles. The van der Waals surface area contributed by atoms with Gasteiger partial charge in [-0.3, -0.25) is 9.69 Å². The number of rotatable bonds is 8. The minimum Gasteiger partial charge on any atom is -0.469 e. The van der Waals surface area contributed by atoms with Crippen LogP contribution in [0.25, 0.3) is 5.69 Å². The molecule has 2 fully saturated rings. The van der Waals surface area contributed by atoms with Crippen molar-refractivity contribution in [1.29, 1.82) is 0 Å². The first kappa shape index (κ1) is 28.9. The predicted molar refractivity (Wildman–Crippen MR) is 166 cm³/mol. The third-order valence-corrected chi connectivity index (χ3v) is 9.89. The quantitative estimate of drug-likeness (QED) is 0.370. The van der Waals surface area contributed by atoms with Crippen LogP contribution in [0.4, 0.5) is 5.82 Å². The average Bonchev–Trinajstić information content (AvgIpc) is 3.36. The second-order valence-corrected chi connectivity index (χ2v) is 12.8. The van der Waals surface area contributed by atoms with Crippen molar-refractivity contribution in [3.8, 4) is 5.69 Å². The molecule has 2 saturated heterocycles. The van der Waals surface area contributed by atoms with E-state index in [1.807, 2.05) is 11.6 Å². The average molecular weight is 571 g/mol. The number of carbonyl (C=O) groups is 1. The van der Waals surface area contributed by atoms with Crippen LogP contribution in [-0.2, 0) is 22.5 Å². The van der Waals surface area contributed by atoms with Crippen LogP contribution in [0.1, 0.15) is 72.7 Å². The van der Waals surface area contributed by atoms with Gasteiger partial charge in [-0.1, -0.05) is 18.2 Å². The molecule has 3 aromatic rings. The molecule has 1 spiro atoms. The molecule has 224 valence electrons. The van der Waals surface area contributed by atoms with E-state index >= 15 is 0 Å². The predicted octanol–water partition coefficient (Wildman–Crippen LogP) is 5.27. The van der Waals surface area contributed by atoms with Crippen LogP contribution in [-0.4, -0.2) is 76.9 Å². The Labute approximate surface area is 250 Å². The number of aromatic nitrogens is 3. The molecule has 1 aromatic carbocycles. The highest BCUT2D eigenvalue weighted by Crippen LogP contribution is 2.42. The Morgan fingerprint density at radius 1 is 1.02 bits per heavy atom. The van der Waals surface area contributed by atoms with Crippen LogP contribution in [0.5, 0.6) is 0 Å². The van der Waals surface area contributed by atoms with Gasteiger partial charge < -0.3 is 15.0 Å². The number of nitrogens with zero attached hydrogens (tertiary/aromatic N) is 5. The van der Waals surface area contributed by atoms with Crippen LogP contribution in [0.2, 0.25) is 0 Å². The van der Waals surface area contributed by atoms with Crippen molar-refractivity contribution in [3.05, 3.63) is 70.7 Å². The van der Waals surface area contributed by atoms with E-state index in [1.54, 1.807) is 0 Å². The van der Waals surface area contributed by atoms with Gasteiger partial charge in [-0.05, 0) is 119 Å². The molecule has 0 unspecified atom stereocenters. The van der Waals surface area contributed by atoms with Crippen molar-refractivity contribution >= 4 is 11.8 Å². The number of likely N-dealkylation sites (tertiary alicyclic amines) is 2. The Morgan fingerprint density at radius 3 is 2.50 bits per heavy atom. The standard InChI is InChI=1S/C34H46N6O2/c1-25-20-26(2)40(37-25)31-8-4-6-28(21-31)29(22-32(41)42-3)23-38-16-11-34(12-17-38)13-18-39(19-14-34)24-30-10-9-27-7-5-15-35-33(27)36-30/h4,6,8-10,20-21,29H,5,7,11-19,22-24H2,1-3H3,(H,35,36)/t29-/m1/s1. The third kappa shape index (κ3) is 6.55. The summed E-state index contributed by atoms with van der Waals surface area (Å²) in [7, 11) is 1.49. The molecule has 6 rings (SSSR count). The Balaban J connectivity index is 1.05. The molecular formula is C34H46N6O2. The van der Waals surface area contributed by atoms with Gasteiger partial charge in [0.15, 0.2) is 0 Å². The fraction of sp³-hybridized carbons (Fsp3) is 0.559. The van der Waals surface area contributed by atoms with E-state index in [0.29, 0.717) is 11.8 Å². The molecule has 8 heteroatoms. The topological polar surface area (TPSA) is 75.5 Å². The smallest absolute Gasteiger partial charge is 0.306 e. The maximum absolute atomic E-state index is 12.5. The van der Waals surface area contributed by atoms with Crippen molar-refractivity contribution in [3.63, 3.8) is 0 Å². The molecule has 0 saturated carbocycles. The van der Waals surface area contributed by atoms with E-state index in [1.165, 1.54) is 56.0 Å². The number of aryl methyl sites for hydroxylation is 3. The largest absolute Gasteiger partial charge is 0.469 e. The second-order valence-electron chi connectivity index (χ2n) is 12.8. The van der Waals surface area contributed by atoms with E-state index < -0.39 is 0 Å². The minimum absolute atomic E-state index is 0.0869. The van der Waals surface area contributed by atoms with E-state index in [0.717, 1.165) is 75.1 Å². The van der Waals surface area contributed by atoms with Crippen molar-refractivity contribution < 1.29 is 9.53 Å². The lowest BCUT2D eigenvalue weighted by Crippen LogP contribution is -2.47. The molecule has 0 aliphatic carbocycles. The highest BCUT2D eigenvalue weighted by Gasteiger charge is 2.38. The Bertz CT molecular complexity index is 1380. The maximum atomic E-state index is 12.5. The molecule has 1 atom stereocenters. The van der Waals surface area contributed by atoms with Gasteiger partial charge >= 0.3 is 5.97 Å². The summed E-state index contributed by atoms with van der Waals surface area (Å²) in [5, 5.41) is 8.15. The Hall–Kier alpha value is -3.23. The molecular weight excluding hydrogens is 524 g/mol. The number of carbonyl (C=O) groups excluding carboxylic acids is 1. The maximum Gasteiger partial charge on any atom is 0.306 e. The zero-order valence-corrected chi connectivity index (χ0v) is 25.6. The van der Waals surface area contributed by atoms with Crippen LogP contribution >= 0.6 is 0 Å². The van der Waals surface area contributed by atoms with Gasteiger partial charge in [-0.25, -0.2) is 9.67 Å². The fourth-order valence-electron chi connectivity index (χ4n) is 7.27. The first-order valence-corrected chi connectivity index (χ1v) is 15.8. The number of piperidine rings is 2. The number of hydrogen-bond acceptors (Lipinski definition) is 7. The van der Waals surface area contributed by atoms with E-state index in [2.05, 4.69) is 69.6 Å². The fourth-order valence-corrected chi connectivity index (χ4v) is 7.27. The molecule has 42 heavy (non-hydrogen) atoms. The number of methoxy groups -OCH3 is 1. The molecule has 0 amide bonds. The highest BCUT2D eigenvalue weighted by atomic mass is 16.5. The van der Waals surface area contributed by atoms with Gasteiger partial charge in [0.25, 0.3) is 0 Å². The molecule has 0 bridgehead atoms. The van der Waals surface area contributed by atoms with Crippen molar-refractivity contribution in [2.75, 3.05) is 51.7 Å². The lowest BCUT2D eigenvalue weighted by atomic mass is 9.71. The van der Waals surface area contributed by atoms with Gasteiger partial charge in [0.05, 0.1) is 30.6 Å². The normalized spacial score (nSPS) is 19.7. The summed E-state index contributed by atoms with van der Waals surface area (Å²) in [5.41, 5.74) is 7.32. The summed E-state index contributed by atoms with van der Waals surface area (Å²) in [6.07, 6.45) is 7.72. The number of benzene rings is 1. The van der Waals surface area contributed by atoms with Crippen molar-refractivity contribution in [2.45, 2.75) is 71.3 Å². The molecule has 5 heterocycles. The summed E-state index contributed by atoms with van der Waals surface area (Å²) < 4.78 is 7.10. The number of ether oxygens (including phenoxy) is 1. The minimum atomic E-state index is -0.151. The summed E-state index contributed by atoms with van der Waals surface area (Å²) >= 11 is 0. The first-order valence-electron chi connectivity index (χ1n) is 15.8. The number of esters is 1. The second kappa shape index (κ2) is 12.6. The van der Waals surface area contributed by atoms with Gasteiger partial charge in [0.1, 0.15) is 5.82 Å². The molecule has 3 aliphatic rings. The van der Waals surface area contributed by atoms with Gasteiger partial charge in [-0.15, -0.1) is 0 Å². The third-order valence-electron chi connectivity index (χ3n) is 9.89. The number of anilines is 1. The van der Waals surface area contributed by atoms with Gasteiger partial charge in [0.2, 0.25) is 0 Å². The van der Waals surface area contributed by atoms with Crippen LogP contribution < -0.4 is 5.32 Å². The van der Waals surface area contributed by atoms with Crippen molar-refractivity contribution in [1.82, 2.24) is 24.6 Å². The molecule has 3 aliphatic heterocycles. The number of fused-ring (bicyclic) bond motifs is 1. The summed E-state index contributed by atoms with van der Waals surface area (Å²) in [6.45, 7) is 11.4. The summed E-state index contributed by atoms with van der Waals surface area (Å²) in [4.78, 5) is 22.6. The zero-order chi connectivity index (χ0) is 29.1. The highest BCUT2D eigenvalue weighted by molar-refractivity contribution is 5.70. The number of hydrogen-bond donors (Lipinski definition) is 1. The lowest BCUT2D eigenvalue weighted by molar-refractivity contribution is -0.141. The van der Waals surface area contributed by atoms with Crippen LogP contribution in [0, 0.1) is 19.3 Å². The first-order chi connectivity index (χ1) is 20.4. The van der Waals surface area contributed by atoms with Gasteiger partial charge in [0, 0.05) is 31.2 Å². The summed E-state index contributed by atoms with van der Waals surface area (Å²) in [6, 6.07) is 15.1.